The maximum absolute atomic E-state index is 6.05. The maximum Gasteiger partial charge on any atom is 0.0359 e. The molecule has 0 aliphatic rings. The average molecular weight is 268 g/mol. The van der Waals surface area contributed by atoms with Crippen LogP contribution in [0.15, 0.2) is 42.5 Å². The van der Waals surface area contributed by atoms with Crippen LogP contribution in [0.4, 0.5) is 5.69 Å². The molecule has 0 unspecified atom stereocenters. The van der Waals surface area contributed by atoms with Crippen LogP contribution in [0, 0.1) is 13.8 Å². The average Bonchev–Trinajstić information content (AvgIpc) is 2.44. The molecule has 0 fully saturated rings. The Hall–Kier alpha value is -1.80. The SMILES string of the molecule is CCN(Cc1ccccc1N)Cc1c(C)cccc1C. The molecule has 0 heterocycles. The third-order valence-electron chi connectivity index (χ3n) is 3.92. The van der Waals surface area contributed by atoms with Crippen LogP contribution in [-0.2, 0) is 13.1 Å². The van der Waals surface area contributed by atoms with Gasteiger partial charge in [0.1, 0.15) is 0 Å². The third-order valence-corrected chi connectivity index (χ3v) is 3.92. The fourth-order valence-electron chi connectivity index (χ4n) is 2.52. The molecular weight excluding hydrogens is 244 g/mol. The van der Waals surface area contributed by atoms with Gasteiger partial charge >= 0.3 is 0 Å². The van der Waals surface area contributed by atoms with Crippen LogP contribution in [-0.4, -0.2) is 11.4 Å². The van der Waals surface area contributed by atoms with Gasteiger partial charge in [-0.05, 0) is 48.7 Å². The van der Waals surface area contributed by atoms with Crippen molar-refractivity contribution in [1.29, 1.82) is 0 Å². The summed E-state index contributed by atoms with van der Waals surface area (Å²) < 4.78 is 0. The summed E-state index contributed by atoms with van der Waals surface area (Å²) in [6.07, 6.45) is 0. The number of hydrogen-bond acceptors (Lipinski definition) is 2. The molecule has 20 heavy (non-hydrogen) atoms. The highest BCUT2D eigenvalue weighted by atomic mass is 15.1. The van der Waals surface area contributed by atoms with Crippen molar-refractivity contribution in [3.63, 3.8) is 0 Å². The van der Waals surface area contributed by atoms with Crippen molar-refractivity contribution >= 4 is 5.69 Å². The number of aryl methyl sites for hydroxylation is 2. The molecule has 0 bridgehead atoms. The molecule has 2 aromatic carbocycles. The lowest BCUT2D eigenvalue weighted by molar-refractivity contribution is 0.271. The van der Waals surface area contributed by atoms with Crippen LogP contribution < -0.4 is 5.73 Å². The van der Waals surface area contributed by atoms with Crippen molar-refractivity contribution < 1.29 is 0 Å². The second kappa shape index (κ2) is 6.58. The van der Waals surface area contributed by atoms with Crippen molar-refractivity contribution in [2.75, 3.05) is 12.3 Å². The van der Waals surface area contributed by atoms with Gasteiger partial charge in [0.15, 0.2) is 0 Å². The third kappa shape index (κ3) is 3.40. The van der Waals surface area contributed by atoms with E-state index in [-0.39, 0.29) is 0 Å². The Kier molecular flexibility index (Phi) is 4.80. The van der Waals surface area contributed by atoms with Crippen molar-refractivity contribution in [3.05, 3.63) is 64.7 Å². The quantitative estimate of drug-likeness (QED) is 0.833. The Bertz CT molecular complexity index is 555. The van der Waals surface area contributed by atoms with E-state index in [9.17, 15) is 0 Å². The van der Waals surface area contributed by atoms with Gasteiger partial charge in [-0.1, -0.05) is 43.3 Å². The first-order valence-corrected chi connectivity index (χ1v) is 7.22. The summed E-state index contributed by atoms with van der Waals surface area (Å²) in [4.78, 5) is 2.43. The molecule has 0 saturated carbocycles. The molecule has 0 amide bonds. The minimum atomic E-state index is 0.882. The molecule has 0 aliphatic carbocycles. The molecule has 0 atom stereocenters. The molecule has 2 nitrogen and oxygen atoms in total. The van der Waals surface area contributed by atoms with E-state index in [0.29, 0.717) is 0 Å². The van der Waals surface area contributed by atoms with Crippen LogP contribution in [0.25, 0.3) is 0 Å². The lowest BCUT2D eigenvalue weighted by Crippen LogP contribution is -2.23. The Morgan fingerprint density at radius 2 is 1.55 bits per heavy atom. The standard InChI is InChI=1S/C18H24N2/c1-4-20(12-16-10-5-6-11-18(16)19)13-17-14(2)8-7-9-15(17)3/h5-11H,4,12-13,19H2,1-3H3. The first-order valence-electron chi connectivity index (χ1n) is 7.22. The van der Waals surface area contributed by atoms with Gasteiger partial charge in [-0.25, -0.2) is 0 Å². The Balaban J connectivity index is 2.16. The van der Waals surface area contributed by atoms with E-state index < -0.39 is 0 Å². The number of nitrogen functional groups attached to an aromatic ring is 1. The van der Waals surface area contributed by atoms with Crippen LogP contribution >= 0.6 is 0 Å². The molecule has 0 aliphatic heterocycles. The van der Waals surface area contributed by atoms with E-state index in [4.69, 9.17) is 5.73 Å². The largest absolute Gasteiger partial charge is 0.398 e. The summed E-state index contributed by atoms with van der Waals surface area (Å²) in [7, 11) is 0. The van der Waals surface area contributed by atoms with E-state index in [1.807, 2.05) is 12.1 Å². The van der Waals surface area contributed by atoms with Gasteiger partial charge in [0, 0.05) is 18.8 Å². The summed E-state index contributed by atoms with van der Waals surface area (Å²) in [5, 5.41) is 0. The number of anilines is 1. The molecule has 0 radical (unpaired) electrons. The van der Waals surface area contributed by atoms with Crippen molar-refractivity contribution in [2.24, 2.45) is 0 Å². The van der Waals surface area contributed by atoms with Crippen molar-refractivity contribution in [3.8, 4) is 0 Å². The summed E-state index contributed by atoms with van der Waals surface area (Å²) in [6.45, 7) is 9.47. The van der Waals surface area contributed by atoms with Gasteiger partial charge in [-0.15, -0.1) is 0 Å². The topological polar surface area (TPSA) is 29.3 Å². The lowest BCUT2D eigenvalue weighted by Gasteiger charge is -2.23. The van der Waals surface area contributed by atoms with Crippen LogP contribution in [0.5, 0.6) is 0 Å². The zero-order chi connectivity index (χ0) is 14.5. The van der Waals surface area contributed by atoms with E-state index in [1.54, 1.807) is 0 Å². The zero-order valence-electron chi connectivity index (χ0n) is 12.7. The van der Waals surface area contributed by atoms with E-state index in [1.165, 1.54) is 22.3 Å². The predicted molar refractivity (Wildman–Crippen MR) is 86.6 cm³/mol. The molecular formula is C18H24N2. The van der Waals surface area contributed by atoms with Gasteiger partial charge in [0.2, 0.25) is 0 Å². The van der Waals surface area contributed by atoms with Gasteiger partial charge in [0.25, 0.3) is 0 Å². The predicted octanol–water partition coefficient (Wildman–Crippen LogP) is 3.91. The first-order chi connectivity index (χ1) is 9.61. The summed E-state index contributed by atoms with van der Waals surface area (Å²) in [6, 6.07) is 14.6. The van der Waals surface area contributed by atoms with Gasteiger partial charge in [0.05, 0.1) is 0 Å². The van der Waals surface area contributed by atoms with E-state index >= 15 is 0 Å². The Morgan fingerprint density at radius 3 is 2.15 bits per heavy atom. The summed E-state index contributed by atoms with van der Waals surface area (Å²) >= 11 is 0. The molecule has 2 heteroatoms. The first kappa shape index (κ1) is 14.6. The fourth-order valence-corrected chi connectivity index (χ4v) is 2.52. The highest BCUT2D eigenvalue weighted by Gasteiger charge is 2.10. The smallest absolute Gasteiger partial charge is 0.0359 e. The normalized spacial score (nSPS) is 11.0. The molecule has 2 aromatic rings. The van der Waals surface area contributed by atoms with Crippen LogP contribution in [0.3, 0.4) is 0 Å². The number of nitrogens with two attached hydrogens (primary N) is 1. The second-order valence-corrected chi connectivity index (χ2v) is 5.37. The minimum absolute atomic E-state index is 0.882. The zero-order valence-corrected chi connectivity index (χ0v) is 12.7. The van der Waals surface area contributed by atoms with Gasteiger partial charge in [-0.2, -0.15) is 0 Å². The lowest BCUT2D eigenvalue weighted by atomic mass is 10.0. The summed E-state index contributed by atoms with van der Waals surface area (Å²) in [5.74, 6) is 0. The summed E-state index contributed by atoms with van der Waals surface area (Å²) in [5.41, 5.74) is 12.3. The van der Waals surface area contributed by atoms with Gasteiger partial charge in [-0.3, -0.25) is 4.90 Å². The fraction of sp³-hybridized carbons (Fsp3) is 0.333. The molecule has 0 spiro atoms. The number of rotatable bonds is 5. The van der Waals surface area contributed by atoms with Crippen molar-refractivity contribution in [1.82, 2.24) is 4.90 Å². The highest BCUT2D eigenvalue weighted by Crippen LogP contribution is 2.19. The molecule has 0 saturated heterocycles. The maximum atomic E-state index is 6.05. The van der Waals surface area contributed by atoms with Crippen LogP contribution in [0.1, 0.15) is 29.2 Å². The highest BCUT2D eigenvalue weighted by molar-refractivity contribution is 5.46. The number of benzene rings is 2. The second-order valence-electron chi connectivity index (χ2n) is 5.37. The van der Waals surface area contributed by atoms with E-state index in [2.05, 4.69) is 56.0 Å². The number of para-hydroxylation sites is 1. The van der Waals surface area contributed by atoms with Gasteiger partial charge < -0.3 is 5.73 Å². The van der Waals surface area contributed by atoms with E-state index in [0.717, 1.165) is 25.3 Å². The molecule has 2 rings (SSSR count). The van der Waals surface area contributed by atoms with Crippen LogP contribution in [0.2, 0.25) is 0 Å². The Morgan fingerprint density at radius 1 is 0.900 bits per heavy atom. The Labute approximate surface area is 122 Å². The molecule has 0 aromatic heterocycles. The number of hydrogen-bond donors (Lipinski definition) is 1. The van der Waals surface area contributed by atoms with Crippen molar-refractivity contribution in [2.45, 2.75) is 33.9 Å². The molecule has 2 N–H and O–H groups in total. The molecule has 106 valence electrons. The minimum Gasteiger partial charge on any atom is -0.398 e. The number of nitrogens with zero attached hydrogens (tertiary/aromatic N) is 1. The monoisotopic (exact) mass is 268 g/mol.